The Balaban J connectivity index is 1.25. The van der Waals surface area contributed by atoms with Crippen LogP contribution in [0.1, 0.15) is 11.3 Å². The van der Waals surface area contributed by atoms with Crippen LogP contribution in [-0.2, 0) is 19.8 Å². The Morgan fingerprint density at radius 3 is 2.67 bits per heavy atom. The fraction of sp³-hybridized carbons (Fsp3) is 0.444. The lowest BCUT2D eigenvalue weighted by atomic mass is 10.2. The predicted octanol–water partition coefficient (Wildman–Crippen LogP) is 1.63. The van der Waals surface area contributed by atoms with E-state index in [0.717, 1.165) is 4.68 Å². The van der Waals surface area contributed by atoms with Gasteiger partial charge in [0.25, 0.3) is 0 Å². The summed E-state index contributed by atoms with van der Waals surface area (Å²) in [5.41, 5.74) is 5.12. The van der Waals surface area contributed by atoms with Crippen LogP contribution in [0.15, 0.2) is 27.8 Å². The molecule has 1 atom stereocenters. The second kappa shape index (κ2) is 8.04. The summed E-state index contributed by atoms with van der Waals surface area (Å²) in [6.45, 7) is 2.18. The van der Waals surface area contributed by atoms with Crippen molar-refractivity contribution in [2.24, 2.45) is 17.8 Å². The van der Waals surface area contributed by atoms with Crippen molar-refractivity contribution in [1.82, 2.24) is 34.3 Å². The van der Waals surface area contributed by atoms with E-state index in [4.69, 9.17) is 21.8 Å². The second-order valence-electron chi connectivity index (χ2n) is 7.70. The Kier molecular flexibility index (Phi) is 5.29. The first-order valence-electron chi connectivity index (χ1n) is 10.1. The summed E-state index contributed by atoms with van der Waals surface area (Å²) in [6, 6.07) is 3.48. The van der Waals surface area contributed by atoms with Crippen LogP contribution in [0, 0.1) is 0 Å². The van der Waals surface area contributed by atoms with Gasteiger partial charge < -0.3 is 15.5 Å². The highest BCUT2D eigenvalue weighted by molar-refractivity contribution is 6.30. The Labute approximate surface area is 190 Å². The maximum absolute atomic E-state index is 13.3. The minimum absolute atomic E-state index is 0.0113. The molecule has 1 fully saturated rings. The average Bonchev–Trinajstić information content (AvgIpc) is 3.50. The predicted molar refractivity (Wildman–Crippen MR) is 112 cm³/mol. The largest absolute Gasteiger partial charge is 0.461 e. The average molecular weight is 485 g/mol. The number of alkyl halides is 3. The zero-order valence-corrected chi connectivity index (χ0v) is 18.2. The number of aryl methyl sites for hydroxylation is 1. The van der Waals surface area contributed by atoms with Crippen LogP contribution in [0.25, 0.3) is 11.6 Å². The molecule has 33 heavy (non-hydrogen) atoms. The molecule has 2 aliphatic rings. The maximum Gasteiger partial charge on any atom is 0.435 e. The Morgan fingerprint density at radius 1 is 1.24 bits per heavy atom. The molecule has 1 unspecified atom stereocenters. The molecule has 3 N–H and O–H groups in total. The summed E-state index contributed by atoms with van der Waals surface area (Å²) >= 11 is 6.09. The number of hydrogen-bond donors (Lipinski definition) is 2. The summed E-state index contributed by atoms with van der Waals surface area (Å²) < 4.78 is 47.8. The maximum atomic E-state index is 13.3. The lowest BCUT2D eigenvalue weighted by Crippen LogP contribution is -2.54. The van der Waals surface area contributed by atoms with Gasteiger partial charge in [-0.2, -0.15) is 27.9 Å². The molecule has 0 spiro atoms. The van der Waals surface area contributed by atoms with Crippen LogP contribution in [0.3, 0.4) is 0 Å². The number of furan rings is 1. The summed E-state index contributed by atoms with van der Waals surface area (Å²) in [4.78, 5) is 12.8. The van der Waals surface area contributed by atoms with Crippen molar-refractivity contribution in [3.63, 3.8) is 0 Å². The molecule has 0 bridgehead atoms. The third-order valence-electron chi connectivity index (χ3n) is 5.55. The molecule has 11 nitrogen and oxygen atoms in total. The molecule has 5 rings (SSSR count). The van der Waals surface area contributed by atoms with Crippen molar-refractivity contribution in [3.8, 4) is 11.6 Å². The first kappa shape index (κ1) is 21.7. The van der Waals surface area contributed by atoms with Crippen molar-refractivity contribution in [2.45, 2.75) is 19.0 Å². The molecule has 0 amide bonds. The number of aromatic nitrogens is 5. The molecular weight excluding hydrogens is 465 g/mol. The number of fused-ring (bicyclic) bond motifs is 1. The van der Waals surface area contributed by atoms with Gasteiger partial charge in [0.2, 0.25) is 17.7 Å². The van der Waals surface area contributed by atoms with Gasteiger partial charge in [-0.3, -0.25) is 14.5 Å². The van der Waals surface area contributed by atoms with Crippen LogP contribution in [-0.4, -0.2) is 72.8 Å². The fourth-order valence-corrected chi connectivity index (χ4v) is 4.07. The van der Waals surface area contributed by atoms with Crippen LogP contribution < -0.4 is 11.1 Å². The number of nitrogens with zero attached hydrogens (tertiary/aromatic N) is 8. The van der Waals surface area contributed by atoms with Crippen molar-refractivity contribution in [3.05, 3.63) is 34.8 Å². The van der Waals surface area contributed by atoms with E-state index < -0.39 is 18.2 Å². The Morgan fingerprint density at radius 2 is 2.00 bits per heavy atom. The summed E-state index contributed by atoms with van der Waals surface area (Å²) in [5, 5.41) is 11.0. The van der Waals surface area contributed by atoms with Crippen molar-refractivity contribution >= 4 is 23.5 Å². The quantitative estimate of drug-likeness (QED) is 0.573. The normalized spacial score (nSPS) is 19.9. The van der Waals surface area contributed by atoms with E-state index in [1.165, 1.54) is 18.0 Å². The first-order valence-corrected chi connectivity index (χ1v) is 10.4. The highest BCUT2D eigenvalue weighted by Crippen LogP contribution is 2.35. The van der Waals surface area contributed by atoms with Gasteiger partial charge >= 0.3 is 6.18 Å². The smallest absolute Gasteiger partial charge is 0.435 e. The van der Waals surface area contributed by atoms with Gasteiger partial charge in [-0.1, -0.05) is 11.6 Å². The molecule has 0 aromatic carbocycles. The molecular formula is C18H20ClF3N10O. The second-order valence-corrected chi connectivity index (χ2v) is 8.06. The highest BCUT2D eigenvalue weighted by atomic mass is 35.5. The molecule has 1 saturated heterocycles. The summed E-state index contributed by atoms with van der Waals surface area (Å²) in [5.74, 6) is 1.49. The SMILES string of the molecule is Cn1nc(C(F)(F)F)c(CN2CCN(C3N=C(N)n4nc(-c5ccco5)nc4N3)CC2)c1Cl. The molecule has 3 aromatic heterocycles. The van der Waals surface area contributed by atoms with E-state index in [0.29, 0.717) is 43.7 Å². The summed E-state index contributed by atoms with van der Waals surface area (Å²) in [7, 11) is 1.40. The van der Waals surface area contributed by atoms with Crippen molar-refractivity contribution in [1.29, 1.82) is 0 Å². The van der Waals surface area contributed by atoms with Gasteiger partial charge in [0.15, 0.2) is 17.7 Å². The number of halogens is 4. The fourth-order valence-electron chi connectivity index (χ4n) is 3.88. The van der Waals surface area contributed by atoms with Gasteiger partial charge in [-0.05, 0) is 12.1 Å². The molecule has 15 heteroatoms. The van der Waals surface area contributed by atoms with E-state index in [1.807, 2.05) is 9.80 Å². The van der Waals surface area contributed by atoms with E-state index in [2.05, 4.69) is 25.5 Å². The molecule has 176 valence electrons. The molecule has 0 saturated carbocycles. The third-order valence-corrected chi connectivity index (χ3v) is 6.02. The molecule has 0 radical (unpaired) electrons. The van der Waals surface area contributed by atoms with Gasteiger partial charge in [0.1, 0.15) is 5.15 Å². The molecule has 5 heterocycles. The number of nitrogens with one attached hydrogen (secondary N) is 1. The van der Waals surface area contributed by atoms with Crippen LogP contribution in [0.5, 0.6) is 0 Å². The lowest BCUT2D eigenvalue weighted by Gasteiger charge is -2.38. The zero-order valence-electron chi connectivity index (χ0n) is 17.4. The Hall–Kier alpha value is -3.10. The van der Waals surface area contributed by atoms with E-state index >= 15 is 0 Å². The van der Waals surface area contributed by atoms with Gasteiger partial charge in [0, 0.05) is 45.3 Å². The lowest BCUT2D eigenvalue weighted by molar-refractivity contribution is -0.142. The first-order chi connectivity index (χ1) is 15.7. The van der Waals surface area contributed by atoms with E-state index in [1.54, 1.807) is 12.1 Å². The molecule has 2 aliphatic heterocycles. The van der Waals surface area contributed by atoms with Crippen molar-refractivity contribution in [2.75, 3.05) is 31.5 Å². The van der Waals surface area contributed by atoms with Crippen LogP contribution in [0.2, 0.25) is 5.15 Å². The standard InChI is InChI=1S/C18H20ClF3N10O/c1-29-13(19)10(12(27-29)18(20,21)22)9-30-4-6-31(7-5-30)16-25-15(23)32-17(26-16)24-14(28-32)11-3-2-8-33-11/h2-3,8,16H,4-7,9H2,1H3,(H2,23,25)(H,24,26,28). The highest BCUT2D eigenvalue weighted by Gasteiger charge is 2.39. The number of piperazine rings is 1. The molecule has 3 aromatic rings. The van der Waals surface area contributed by atoms with Gasteiger partial charge in [-0.25, -0.2) is 4.99 Å². The van der Waals surface area contributed by atoms with E-state index in [-0.39, 0.29) is 23.2 Å². The number of nitrogens with two attached hydrogens (primary N) is 1. The monoisotopic (exact) mass is 484 g/mol. The minimum atomic E-state index is -4.56. The topological polar surface area (TPSA) is 119 Å². The van der Waals surface area contributed by atoms with Crippen LogP contribution in [0.4, 0.5) is 19.1 Å². The number of aliphatic imine (C=N–C) groups is 1. The minimum Gasteiger partial charge on any atom is -0.461 e. The summed E-state index contributed by atoms with van der Waals surface area (Å²) in [6.07, 6.45) is -3.51. The number of anilines is 1. The van der Waals surface area contributed by atoms with Crippen LogP contribution >= 0.6 is 11.6 Å². The Bertz CT molecular complexity index is 1180. The zero-order chi connectivity index (χ0) is 23.3. The number of rotatable bonds is 4. The van der Waals surface area contributed by atoms with Gasteiger partial charge in [-0.15, -0.1) is 5.10 Å². The molecule has 0 aliphatic carbocycles. The number of hydrogen-bond acceptors (Lipinski definition) is 9. The van der Waals surface area contributed by atoms with Crippen molar-refractivity contribution < 1.29 is 17.6 Å². The third kappa shape index (κ3) is 4.05. The van der Waals surface area contributed by atoms with Gasteiger partial charge in [0.05, 0.1) is 6.26 Å². The van der Waals surface area contributed by atoms with E-state index in [9.17, 15) is 13.2 Å².